The number of nitriles is 1. The summed E-state index contributed by atoms with van der Waals surface area (Å²) in [5.74, 6) is -0.479. The fourth-order valence-corrected chi connectivity index (χ4v) is 2.00. The van der Waals surface area contributed by atoms with E-state index in [-0.39, 0.29) is 5.57 Å². The van der Waals surface area contributed by atoms with Crippen LogP contribution in [0.4, 0.5) is 11.4 Å². The summed E-state index contributed by atoms with van der Waals surface area (Å²) in [6.07, 6.45) is 2.36. The van der Waals surface area contributed by atoms with Crippen molar-refractivity contribution >= 4 is 28.9 Å². The molecule has 0 aliphatic heterocycles. The highest BCUT2D eigenvalue weighted by Crippen LogP contribution is 2.15. The zero-order chi connectivity index (χ0) is 16.7. The second kappa shape index (κ2) is 8.02. The van der Waals surface area contributed by atoms with Crippen LogP contribution in [0.3, 0.4) is 0 Å². The lowest BCUT2D eigenvalue weighted by atomic mass is 10.1. The zero-order valence-corrected chi connectivity index (χ0v) is 13.4. The first-order valence-corrected chi connectivity index (χ1v) is 7.53. The first-order chi connectivity index (χ1) is 11.1. The van der Waals surface area contributed by atoms with Crippen LogP contribution in [-0.4, -0.2) is 5.91 Å². The van der Waals surface area contributed by atoms with Crippen molar-refractivity contribution in [3.05, 3.63) is 70.9 Å². The number of anilines is 2. The molecule has 1 amide bonds. The molecular weight excluding hydrogens is 310 g/mol. The Morgan fingerprint density at radius 3 is 2.30 bits per heavy atom. The lowest BCUT2D eigenvalue weighted by Gasteiger charge is -2.06. The van der Waals surface area contributed by atoms with Gasteiger partial charge in [0.05, 0.1) is 0 Å². The van der Waals surface area contributed by atoms with Crippen molar-refractivity contribution in [3.63, 3.8) is 0 Å². The summed E-state index contributed by atoms with van der Waals surface area (Å²) in [6, 6.07) is 16.4. The van der Waals surface area contributed by atoms with Gasteiger partial charge in [-0.05, 0) is 48.4 Å². The van der Waals surface area contributed by atoms with Crippen molar-refractivity contribution in [3.8, 4) is 6.07 Å². The number of hydrogen-bond donors (Lipinski definition) is 2. The number of aryl methyl sites for hydroxylation is 1. The van der Waals surface area contributed by atoms with E-state index in [0.717, 1.165) is 12.1 Å². The topological polar surface area (TPSA) is 64.9 Å². The van der Waals surface area contributed by atoms with Gasteiger partial charge in [0.1, 0.15) is 11.6 Å². The molecule has 0 fully saturated rings. The highest BCUT2D eigenvalue weighted by molar-refractivity contribution is 6.30. The van der Waals surface area contributed by atoms with Gasteiger partial charge in [0.2, 0.25) is 0 Å². The van der Waals surface area contributed by atoms with Crippen molar-refractivity contribution in [2.45, 2.75) is 13.3 Å². The van der Waals surface area contributed by atoms with Crippen molar-refractivity contribution in [1.29, 1.82) is 5.26 Å². The molecule has 0 saturated heterocycles. The molecule has 0 unspecified atom stereocenters. The first-order valence-electron chi connectivity index (χ1n) is 7.15. The maximum atomic E-state index is 12.1. The summed E-state index contributed by atoms with van der Waals surface area (Å²) < 4.78 is 0. The van der Waals surface area contributed by atoms with Crippen LogP contribution < -0.4 is 10.6 Å². The number of carbonyl (C=O) groups excluding carboxylic acids is 1. The maximum absolute atomic E-state index is 12.1. The van der Waals surface area contributed by atoms with Crippen LogP contribution in [0.25, 0.3) is 0 Å². The van der Waals surface area contributed by atoms with Gasteiger partial charge in [0.25, 0.3) is 5.91 Å². The van der Waals surface area contributed by atoms with E-state index in [1.54, 1.807) is 24.3 Å². The molecule has 0 heterocycles. The van der Waals surface area contributed by atoms with Crippen LogP contribution in [0.2, 0.25) is 5.02 Å². The van der Waals surface area contributed by atoms with Crippen molar-refractivity contribution < 1.29 is 4.79 Å². The SMILES string of the molecule is CCc1ccc(N/C=C(/C#N)C(=O)Nc2ccc(Cl)cc2)cc1. The van der Waals surface area contributed by atoms with Crippen molar-refractivity contribution in [2.75, 3.05) is 10.6 Å². The molecular formula is C18H16ClN3O. The number of benzene rings is 2. The minimum absolute atomic E-state index is 0.0143. The summed E-state index contributed by atoms with van der Waals surface area (Å²) in [5, 5.41) is 15.3. The van der Waals surface area contributed by atoms with E-state index in [1.165, 1.54) is 11.8 Å². The van der Waals surface area contributed by atoms with Crippen molar-refractivity contribution in [2.24, 2.45) is 0 Å². The molecule has 0 atom stereocenters. The minimum atomic E-state index is -0.479. The van der Waals surface area contributed by atoms with Crippen LogP contribution in [0.15, 0.2) is 60.3 Å². The van der Waals surface area contributed by atoms with Crippen LogP contribution >= 0.6 is 11.6 Å². The first kappa shape index (κ1) is 16.6. The van der Waals surface area contributed by atoms with Gasteiger partial charge in [-0.25, -0.2) is 0 Å². The van der Waals surface area contributed by atoms with Gasteiger partial charge in [-0.1, -0.05) is 30.7 Å². The number of carbonyl (C=O) groups is 1. The molecule has 0 aliphatic rings. The van der Waals surface area contributed by atoms with Gasteiger partial charge in [0, 0.05) is 22.6 Å². The van der Waals surface area contributed by atoms with E-state index in [4.69, 9.17) is 16.9 Å². The van der Waals surface area contributed by atoms with Gasteiger partial charge < -0.3 is 10.6 Å². The van der Waals surface area contributed by atoms with Gasteiger partial charge in [-0.3, -0.25) is 4.79 Å². The minimum Gasteiger partial charge on any atom is -0.360 e. The Bertz CT molecular complexity index is 743. The molecule has 5 heteroatoms. The normalized spacial score (nSPS) is 10.7. The zero-order valence-electron chi connectivity index (χ0n) is 12.6. The van der Waals surface area contributed by atoms with Crippen molar-refractivity contribution in [1.82, 2.24) is 0 Å². The fourth-order valence-electron chi connectivity index (χ4n) is 1.87. The second-order valence-corrected chi connectivity index (χ2v) is 5.26. The molecule has 23 heavy (non-hydrogen) atoms. The molecule has 2 aromatic carbocycles. The van der Waals surface area contributed by atoms with Crippen LogP contribution in [0.5, 0.6) is 0 Å². The maximum Gasteiger partial charge on any atom is 0.267 e. The van der Waals surface area contributed by atoms with Gasteiger partial charge >= 0.3 is 0 Å². The Hall–Kier alpha value is -2.77. The molecule has 0 saturated carbocycles. The third kappa shape index (κ3) is 4.87. The third-order valence-electron chi connectivity index (χ3n) is 3.21. The molecule has 2 N–H and O–H groups in total. The van der Waals surface area contributed by atoms with E-state index in [0.29, 0.717) is 10.7 Å². The molecule has 0 spiro atoms. The molecule has 0 bridgehead atoms. The van der Waals surface area contributed by atoms with Crippen LogP contribution in [0.1, 0.15) is 12.5 Å². The quantitative estimate of drug-likeness (QED) is 0.634. The number of nitrogens with zero attached hydrogens (tertiary/aromatic N) is 1. The summed E-state index contributed by atoms with van der Waals surface area (Å²) in [6.45, 7) is 2.08. The molecule has 4 nitrogen and oxygen atoms in total. The predicted octanol–water partition coefficient (Wildman–Crippen LogP) is 4.36. The Morgan fingerprint density at radius 2 is 1.74 bits per heavy atom. The molecule has 0 radical (unpaired) electrons. The summed E-state index contributed by atoms with van der Waals surface area (Å²) in [5.41, 5.74) is 2.60. The van der Waals surface area contributed by atoms with E-state index >= 15 is 0 Å². The summed E-state index contributed by atoms with van der Waals surface area (Å²) >= 11 is 5.79. The third-order valence-corrected chi connectivity index (χ3v) is 3.46. The molecule has 2 aromatic rings. The largest absolute Gasteiger partial charge is 0.360 e. The van der Waals surface area contributed by atoms with Crippen LogP contribution in [0, 0.1) is 11.3 Å². The van der Waals surface area contributed by atoms with Gasteiger partial charge in [-0.2, -0.15) is 5.26 Å². The molecule has 0 aliphatic carbocycles. The Labute approximate surface area is 140 Å². The molecule has 116 valence electrons. The Balaban J connectivity index is 2.03. The summed E-state index contributed by atoms with van der Waals surface area (Å²) in [7, 11) is 0. The van der Waals surface area contributed by atoms with Gasteiger partial charge in [0.15, 0.2) is 0 Å². The summed E-state index contributed by atoms with van der Waals surface area (Å²) in [4.78, 5) is 12.1. The van der Waals surface area contributed by atoms with E-state index in [9.17, 15) is 4.79 Å². The molecule has 0 aromatic heterocycles. The van der Waals surface area contributed by atoms with E-state index < -0.39 is 5.91 Å². The smallest absolute Gasteiger partial charge is 0.267 e. The monoisotopic (exact) mass is 325 g/mol. The van der Waals surface area contributed by atoms with Gasteiger partial charge in [-0.15, -0.1) is 0 Å². The average Bonchev–Trinajstić information content (AvgIpc) is 2.58. The number of amides is 1. The van der Waals surface area contributed by atoms with E-state index in [1.807, 2.05) is 30.3 Å². The number of rotatable bonds is 5. The predicted molar refractivity (Wildman–Crippen MR) is 93.2 cm³/mol. The number of halogens is 1. The Kier molecular flexibility index (Phi) is 5.79. The average molecular weight is 326 g/mol. The van der Waals surface area contributed by atoms with E-state index in [2.05, 4.69) is 17.6 Å². The number of nitrogens with one attached hydrogen (secondary N) is 2. The lowest BCUT2D eigenvalue weighted by molar-refractivity contribution is -0.112. The number of hydrogen-bond acceptors (Lipinski definition) is 3. The highest BCUT2D eigenvalue weighted by Gasteiger charge is 2.09. The fraction of sp³-hybridized carbons (Fsp3) is 0.111. The Morgan fingerprint density at radius 1 is 1.13 bits per heavy atom. The standard InChI is InChI=1S/C18H16ClN3O/c1-2-13-3-7-16(8-4-13)21-12-14(11-20)18(23)22-17-9-5-15(19)6-10-17/h3-10,12,21H,2H2,1H3,(H,22,23)/b14-12-. The molecule has 2 rings (SSSR count). The van der Waals surface area contributed by atoms with Crippen LogP contribution in [-0.2, 0) is 11.2 Å². The highest BCUT2D eigenvalue weighted by atomic mass is 35.5. The lowest BCUT2D eigenvalue weighted by Crippen LogP contribution is -2.14. The second-order valence-electron chi connectivity index (χ2n) is 4.83.